The normalized spacial score (nSPS) is 16.1. The summed E-state index contributed by atoms with van der Waals surface area (Å²) in [6, 6.07) is 1.97. The summed E-state index contributed by atoms with van der Waals surface area (Å²) in [4.78, 5) is 28.4. The van der Waals surface area contributed by atoms with E-state index in [-0.39, 0.29) is 11.7 Å². The van der Waals surface area contributed by atoms with Crippen molar-refractivity contribution >= 4 is 11.7 Å². The van der Waals surface area contributed by atoms with Crippen LogP contribution in [0.2, 0.25) is 0 Å². The van der Waals surface area contributed by atoms with E-state index in [2.05, 4.69) is 9.47 Å². The van der Waals surface area contributed by atoms with Crippen molar-refractivity contribution in [1.82, 2.24) is 14.4 Å². The summed E-state index contributed by atoms with van der Waals surface area (Å²) in [5, 5.41) is 0. The molecule has 0 atom stereocenters. The van der Waals surface area contributed by atoms with Crippen LogP contribution < -0.4 is 0 Å². The number of carbonyl (C=O) groups is 2. The molecular weight excluding hydrogens is 278 g/mol. The molecule has 5 nitrogen and oxygen atoms in total. The van der Waals surface area contributed by atoms with E-state index in [0.29, 0.717) is 13.0 Å². The van der Waals surface area contributed by atoms with E-state index in [1.54, 1.807) is 0 Å². The van der Waals surface area contributed by atoms with Crippen molar-refractivity contribution in [3.63, 3.8) is 0 Å². The minimum atomic E-state index is 0.175. The molecule has 22 heavy (non-hydrogen) atoms. The molecule has 1 fully saturated rings. The largest absolute Gasteiger partial charge is 0.351 e. The molecular formula is C17H27N3O2. The van der Waals surface area contributed by atoms with Gasteiger partial charge in [0.15, 0.2) is 5.78 Å². The zero-order valence-electron chi connectivity index (χ0n) is 14.2. The van der Waals surface area contributed by atoms with Gasteiger partial charge < -0.3 is 9.47 Å². The molecule has 1 saturated heterocycles. The molecule has 0 aromatic carbocycles. The third-order valence-electron chi connectivity index (χ3n) is 4.63. The zero-order chi connectivity index (χ0) is 16.3. The predicted molar refractivity (Wildman–Crippen MR) is 87.1 cm³/mol. The van der Waals surface area contributed by atoms with Gasteiger partial charge in [-0.2, -0.15) is 0 Å². The maximum atomic E-state index is 12.5. The van der Waals surface area contributed by atoms with Crippen molar-refractivity contribution in [2.75, 3.05) is 32.7 Å². The molecule has 2 rings (SSSR count). The average molecular weight is 305 g/mol. The molecule has 0 aliphatic carbocycles. The first-order valence-electron chi connectivity index (χ1n) is 8.10. The van der Waals surface area contributed by atoms with Crippen LogP contribution in [-0.2, 0) is 11.8 Å². The number of aryl methyl sites for hydroxylation is 1. The Morgan fingerprint density at radius 2 is 1.77 bits per heavy atom. The number of ketones is 1. The fraction of sp³-hybridized carbons (Fsp3) is 0.647. The summed E-state index contributed by atoms with van der Waals surface area (Å²) < 4.78 is 2.05. The molecule has 2 heterocycles. The van der Waals surface area contributed by atoms with Gasteiger partial charge in [0.05, 0.1) is 6.54 Å². The molecule has 5 heteroatoms. The van der Waals surface area contributed by atoms with E-state index in [9.17, 15) is 9.59 Å². The lowest BCUT2D eigenvalue weighted by Gasteiger charge is -2.34. The first-order chi connectivity index (χ1) is 10.4. The predicted octanol–water partition coefficient (Wildman–Crippen LogP) is 1.77. The highest BCUT2D eigenvalue weighted by molar-refractivity contribution is 5.99. The highest BCUT2D eigenvalue weighted by Crippen LogP contribution is 2.15. The van der Waals surface area contributed by atoms with Crippen LogP contribution in [0.3, 0.4) is 0 Å². The number of hydrogen-bond donors (Lipinski definition) is 0. The number of aromatic nitrogens is 1. The molecule has 0 radical (unpaired) electrons. The van der Waals surface area contributed by atoms with Gasteiger partial charge in [-0.1, -0.05) is 6.92 Å². The van der Waals surface area contributed by atoms with E-state index >= 15 is 0 Å². The van der Waals surface area contributed by atoms with Crippen molar-refractivity contribution < 1.29 is 9.59 Å². The minimum Gasteiger partial charge on any atom is -0.351 e. The first kappa shape index (κ1) is 16.7. The molecule has 0 unspecified atom stereocenters. The van der Waals surface area contributed by atoms with Crippen LogP contribution in [-0.4, -0.2) is 58.8 Å². The molecule has 1 amide bonds. The van der Waals surface area contributed by atoms with Gasteiger partial charge in [0.1, 0.15) is 0 Å². The van der Waals surface area contributed by atoms with Crippen LogP contribution >= 0.6 is 0 Å². The van der Waals surface area contributed by atoms with Crippen molar-refractivity contribution in [1.29, 1.82) is 0 Å². The lowest BCUT2D eigenvalue weighted by molar-refractivity contribution is -0.132. The standard InChI is InChI=1S/C17H27N3O2/c1-5-6-17(22)20-9-7-19(8-10-20)12-16(21)15-11-13(2)18(4)14(15)3/h11H,5-10,12H2,1-4H3. The van der Waals surface area contributed by atoms with Gasteiger partial charge in [-0.15, -0.1) is 0 Å². The quantitative estimate of drug-likeness (QED) is 0.779. The zero-order valence-corrected chi connectivity index (χ0v) is 14.2. The Morgan fingerprint density at radius 3 is 2.27 bits per heavy atom. The van der Waals surface area contributed by atoms with Gasteiger partial charge >= 0.3 is 0 Å². The maximum Gasteiger partial charge on any atom is 0.222 e. The minimum absolute atomic E-state index is 0.175. The molecule has 1 aliphatic rings. The number of piperazine rings is 1. The second kappa shape index (κ2) is 7.09. The lowest BCUT2D eigenvalue weighted by Crippen LogP contribution is -2.49. The van der Waals surface area contributed by atoms with Crippen molar-refractivity contribution in [3.8, 4) is 0 Å². The summed E-state index contributed by atoms with van der Waals surface area (Å²) in [6.07, 6.45) is 1.52. The molecule has 0 N–H and O–H groups in total. The van der Waals surface area contributed by atoms with Gasteiger partial charge in [0, 0.05) is 56.6 Å². The Morgan fingerprint density at radius 1 is 1.14 bits per heavy atom. The van der Waals surface area contributed by atoms with Crippen LogP contribution in [0.15, 0.2) is 6.07 Å². The molecule has 0 spiro atoms. The highest BCUT2D eigenvalue weighted by Gasteiger charge is 2.23. The van der Waals surface area contributed by atoms with Gasteiger partial charge in [-0.25, -0.2) is 0 Å². The smallest absolute Gasteiger partial charge is 0.222 e. The fourth-order valence-corrected chi connectivity index (χ4v) is 2.95. The summed E-state index contributed by atoms with van der Waals surface area (Å²) in [6.45, 7) is 9.51. The molecule has 1 aromatic heterocycles. The molecule has 122 valence electrons. The van der Waals surface area contributed by atoms with Crippen molar-refractivity contribution in [2.45, 2.75) is 33.6 Å². The third kappa shape index (κ3) is 3.58. The third-order valence-corrected chi connectivity index (χ3v) is 4.63. The van der Waals surface area contributed by atoms with E-state index in [1.165, 1.54) is 0 Å². The summed E-state index contributed by atoms with van der Waals surface area (Å²) in [5.74, 6) is 0.414. The fourth-order valence-electron chi connectivity index (χ4n) is 2.95. The van der Waals surface area contributed by atoms with Crippen LogP contribution in [0.1, 0.15) is 41.5 Å². The number of nitrogens with zero attached hydrogens (tertiary/aromatic N) is 3. The molecule has 1 aliphatic heterocycles. The number of Topliss-reactive ketones (excluding diaryl/α,β-unsaturated/α-hetero) is 1. The molecule has 0 saturated carbocycles. The number of amides is 1. The number of rotatable bonds is 5. The highest BCUT2D eigenvalue weighted by atomic mass is 16.2. The van der Waals surface area contributed by atoms with E-state index in [0.717, 1.165) is 49.6 Å². The average Bonchev–Trinajstić information content (AvgIpc) is 2.76. The van der Waals surface area contributed by atoms with E-state index < -0.39 is 0 Å². The van der Waals surface area contributed by atoms with E-state index in [4.69, 9.17) is 0 Å². The maximum absolute atomic E-state index is 12.5. The van der Waals surface area contributed by atoms with Gasteiger partial charge in [-0.3, -0.25) is 14.5 Å². The molecule has 1 aromatic rings. The van der Waals surface area contributed by atoms with Crippen molar-refractivity contribution in [2.24, 2.45) is 7.05 Å². The Kier molecular flexibility index (Phi) is 5.40. The number of carbonyl (C=O) groups excluding carboxylic acids is 2. The summed E-state index contributed by atoms with van der Waals surface area (Å²) in [7, 11) is 1.99. The second-order valence-electron chi connectivity index (χ2n) is 6.17. The Labute approximate surface area is 132 Å². The Balaban J connectivity index is 1.89. The van der Waals surface area contributed by atoms with Gasteiger partial charge in [0.2, 0.25) is 5.91 Å². The SMILES string of the molecule is CCCC(=O)N1CCN(CC(=O)c2cc(C)n(C)c2C)CC1. The Bertz CT molecular complexity index is 554. The number of hydrogen-bond acceptors (Lipinski definition) is 3. The van der Waals surface area contributed by atoms with Crippen molar-refractivity contribution in [3.05, 3.63) is 23.0 Å². The van der Waals surface area contributed by atoms with Crippen LogP contribution in [0, 0.1) is 13.8 Å². The van der Waals surface area contributed by atoms with Crippen LogP contribution in [0.25, 0.3) is 0 Å². The van der Waals surface area contributed by atoms with Crippen LogP contribution in [0.5, 0.6) is 0 Å². The topological polar surface area (TPSA) is 45.6 Å². The molecule has 0 bridgehead atoms. The summed E-state index contributed by atoms with van der Waals surface area (Å²) in [5.41, 5.74) is 2.96. The lowest BCUT2D eigenvalue weighted by atomic mass is 10.1. The monoisotopic (exact) mass is 305 g/mol. The van der Waals surface area contributed by atoms with Gasteiger partial charge in [0.25, 0.3) is 0 Å². The van der Waals surface area contributed by atoms with E-state index in [1.807, 2.05) is 38.8 Å². The summed E-state index contributed by atoms with van der Waals surface area (Å²) >= 11 is 0. The van der Waals surface area contributed by atoms with Gasteiger partial charge in [-0.05, 0) is 26.3 Å². The first-order valence-corrected chi connectivity index (χ1v) is 8.10. The Hall–Kier alpha value is -1.62. The van der Waals surface area contributed by atoms with Crippen LogP contribution in [0.4, 0.5) is 0 Å². The second-order valence-corrected chi connectivity index (χ2v) is 6.17.